The van der Waals surface area contributed by atoms with Gasteiger partial charge >= 0.3 is 0 Å². The molecule has 1 aromatic carbocycles. The first-order valence-electron chi connectivity index (χ1n) is 5.84. The van der Waals surface area contributed by atoms with E-state index in [2.05, 4.69) is 6.92 Å². The largest absolute Gasteiger partial charge is 0.491 e. The highest BCUT2D eigenvalue weighted by Crippen LogP contribution is 2.19. The number of rotatable bonds is 6. The van der Waals surface area contributed by atoms with Crippen LogP contribution in [0.25, 0.3) is 0 Å². The van der Waals surface area contributed by atoms with Crippen molar-refractivity contribution in [2.45, 2.75) is 39.2 Å². The Labute approximate surface area is 96.6 Å². The van der Waals surface area contributed by atoms with E-state index >= 15 is 0 Å². The summed E-state index contributed by atoms with van der Waals surface area (Å²) >= 11 is 0. The van der Waals surface area contributed by atoms with Gasteiger partial charge in [0.05, 0.1) is 6.61 Å². The Morgan fingerprint density at radius 2 is 2.12 bits per heavy atom. The molecule has 0 heterocycles. The van der Waals surface area contributed by atoms with Crippen LogP contribution in [0.2, 0.25) is 0 Å². The van der Waals surface area contributed by atoms with E-state index in [4.69, 9.17) is 10.5 Å². The van der Waals surface area contributed by atoms with Gasteiger partial charge in [0, 0.05) is 6.04 Å². The van der Waals surface area contributed by atoms with E-state index < -0.39 is 0 Å². The maximum atomic E-state index is 13.5. The summed E-state index contributed by atoms with van der Waals surface area (Å²) in [4.78, 5) is 0. The highest BCUT2D eigenvalue weighted by Gasteiger charge is 2.05. The van der Waals surface area contributed by atoms with Crippen molar-refractivity contribution in [3.05, 3.63) is 29.6 Å². The third kappa shape index (κ3) is 3.81. The van der Waals surface area contributed by atoms with Crippen molar-refractivity contribution in [1.82, 2.24) is 0 Å². The number of hydrogen-bond acceptors (Lipinski definition) is 2. The second-order valence-corrected chi connectivity index (χ2v) is 3.90. The van der Waals surface area contributed by atoms with Gasteiger partial charge in [-0.25, -0.2) is 4.39 Å². The lowest BCUT2D eigenvalue weighted by Crippen LogP contribution is -2.19. The first kappa shape index (κ1) is 13.0. The Bertz CT molecular complexity index is 328. The molecule has 0 fully saturated rings. The first-order valence-corrected chi connectivity index (χ1v) is 5.84. The summed E-state index contributed by atoms with van der Waals surface area (Å²) in [6.45, 7) is 4.38. The van der Waals surface area contributed by atoms with Gasteiger partial charge in [-0.3, -0.25) is 0 Å². The Morgan fingerprint density at radius 3 is 2.69 bits per heavy atom. The minimum Gasteiger partial charge on any atom is -0.491 e. The van der Waals surface area contributed by atoms with Crippen molar-refractivity contribution in [3.63, 3.8) is 0 Å². The zero-order valence-corrected chi connectivity index (χ0v) is 10.0. The molecule has 90 valence electrons. The fourth-order valence-corrected chi connectivity index (χ4v) is 1.53. The summed E-state index contributed by atoms with van der Waals surface area (Å²) in [6.07, 6.45) is 2.67. The standard InChI is InChI=1S/C13H20FNO/c1-3-11(15)7-5-10-6-8-13(16-4-2)12(14)9-10/h6,8-9,11H,3-5,7,15H2,1-2H3. The number of benzene rings is 1. The minimum absolute atomic E-state index is 0.203. The number of ether oxygens (including phenoxy) is 1. The van der Waals surface area contributed by atoms with Crippen LogP contribution in [0, 0.1) is 5.82 Å². The zero-order chi connectivity index (χ0) is 12.0. The van der Waals surface area contributed by atoms with E-state index in [1.54, 1.807) is 6.07 Å². The van der Waals surface area contributed by atoms with Gasteiger partial charge < -0.3 is 10.5 Å². The van der Waals surface area contributed by atoms with Crippen LogP contribution in [0.5, 0.6) is 5.75 Å². The average Bonchev–Trinajstić information content (AvgIpc) is 2.29. The number of hydrogen-bond donors (Lipinski definition) is 1. The lowest BCUT2D eigenvalue weighted by atomic mass is 10.0. The molecular formula is C13H20FNO. The maximum absolute atomic E-state index is 13.5. The molecule has 0 saturated heterocycles. The normalized spacial score (nSPS) is 12.5. The summed E-state index contributed by atoms with van der Waals surface area (Å²) < 4.78 is 18.6. The van der Waals surface area contributed by atoms with E-state index in [0.29, 0.717) is 12.4 Å². The van der Waals surface area contributed by atoms with Gasteiger partial charge in [0.1, 0.15) is 0 Å². The monoisotopic (exact) mass is 225 g/mol. The van der Waals surface area contributed by atoms with E-state index in [0.717, 1.165) is 24.8 Å². The fraction of sp³-hybridized carbons (Fsp3) is 0.538. The molecule has 0 amide bonds. The van der Waals surface area contributed by atoms with Crippen LogP contribution < -0.4 is 10.5 Å². The first-order chi connectivity index (χ1) is 7.67. The number of aryl methyl sites for hydroxylation is 1. The molecule has 0 saturated carbocycles. The molecule has 2 nitrogen and oxygen atoms in total. The summed E-state index contributed by atoms with van der Waals surface area (Å²) in [5, 5.41) is 0. The molecule has 1 rings (SSSR count). The Morgan fingerprint density at radius 1 is 1.38 bits per heavy atom. The van der Waals surface area contributed by atoms with Crippen LogP contribution >= 0.6 is 0 Å². The maximum Gasteiger partial charge on any atom is 0.165 e. The van der Waals surface area contributed by atoms with Crippen molar-refractivity contribution >= 4 is 0 Å². The molecule has 0 bridgehead atoms. The average molecular weight is 225 g/mol. The van der Waals surface area contributed by atoms with Gasteiger partial charge in [0.2, 0.25) is 0 Å². The van der Waals surface area contributed by atoms with Crippen molar-refractivity contribution in [2.75, 3.05) is 6.61 Å². The molecule has 1 atom stereocenters. The highest BCUT2D eigenvalue weighted by atomic mass is 19.1. The van der Waals surface area contributed by atoms with E-state index in [1.165, 1.54) is 6.07 Å². The summed E-state index contributed by atoms with van der Waals surface area (Å²) in [5.41, 5.74) is 6.79. The molecule has 0 aliphatic rings. The number of halogens is 1. The van der Waals surface area contributed by atoms with Crippen molar-refractivity contribution in [3.8, 4) is 5.75 Å². The van der Waals surface area contributed by atoms with Crippen molar-refractivity contribution in [1.29, 1.82) is 0 Å². The van der Waals surface area contributed by atoms with E-state index in [-0.39, 0.29) is 11.9 Å². The van der Waals surface area contributed by atoms with Gasteiger partial charge in [-0.2, -0.15) is 0 Å². The molecule has 0 aromatic heterocycles. The molecule has 3 heteroatoms. The minimum atomic E-state index is -0.288. The topological polar surface area (TPSA) is 35.2 Å². The molecule has 0 aliphatic heterocycles. The molecule has 1 unspecified atom stereocenters. The third-order valence-electron chi connectivity index (χ3n) is 2.62. The van der Waals surface area contributed by atoms with Gasteiger partial charge in [-0.1, -0.05) is 13.0 Å². The lowest BCUT2D eigenvalue weighted by molar-refractivity contribution is 0.321. The molecule has 2 N–H and O–H groups in total. The van der Waals surface area contributed by atoms with Gasteiger partial charge in [0.25, 0.3) is 0 Å². The van der Waals surface area contributed by atoms with E-state index in [1.807, 2.05) is 13.0 Å². The second-order valence-electron chi connectivity index (χ2n) is 3.90. The van der Waals surface area contributed by atoms with Crippen LogP contribution in [0.1, 0.15) is 32.3 Å². The van der Waals surface area contributed by atoms with Crippen LogP contribution in [0.4, 0.5) is 4.39 Å². The summed E-state index contributed by atoms with van der Waals surface area (Å²) in [7, 11) is 0. The molecule has 0 radical (unpaired) electrons. The Hall–Kier alpha value is -1.09. The van der Waals surface area contributed by atoms with Crippen LogP contribution in [-0.4, -0.2) is 12.6 Å². The lowest BCUT2D eigenvalue weighted by Gasteiger charge is -2.09. The van der Waals surface area contributed by atoms with Crippen LogP contribution in [0.3, 0.4) is 0 Å². The molecule has 0 spiro atoms. The fourth-order valence-electron chi connectivity index (χ4n) is 1.53. The van der Waals surface area contributed by atoms with E-state index in [9.17, 15) is 4.39 Å². The smallest absolute Gasteiger partial charge is 0.165 e. The molecule has 0 aliphatic carbocycles. The Balaban J connectivity index is 2.59. The predicted octanol–water partition coefficient (Wildman–Crippen LogP) is 2.89. The summed E-state index contributed by atoms with van der Waals surface area (Å²) in [6, 6.07) is 5.32. The van der Waals surface area contributed by atoms with Crippen molar-refractivity contribution in [2.24, 2.45) is 5.73 Å². The molecular weight excluding hydrogens is 205 g/mol. The quantitative estimate of drug-likeness (QED) is 0.808. The highest BCUT2D eigenvalue weighted by molar-refractivity contribution is 5.29. The third-order valence-corrected chi connectivity index (χ3v) is 2.62. The van der Waals surface area contributed by atoms with Crippen LogP contribution in [-0.2, 0) is 6.42 Å². The molecule has 16 heavy (non-hydrogen) atoms. The van der Waals surface area contributed by atoms with Crippen molar-refractivity contribution < 1.29 is 9.13 Å². The molecule has 1 aromatic rings. The van der Waals surface area contributed by atoms with Crippen LogP contribution in [0.15, 0.2) is 18.2 Å². The van der Waals surface area contributed by atoms with Gasteiger partial charge in [-0.05, 0) is 43.9 Å². The summed E-state index contributed by atoms with van der Waals surface area (Å²) in [5.74, 6) is 0.0375. The van der Waals surface area contributed by atoms with Gasteiger partial charge in [-0.15, -0.1) is 0 Å². The second kappa shape index (κ2) is 6.48. The predicted molar refractivity (Wildman–Crippen MR) is 64.2 cm³/mol. The SMILES string of the molecule is CCOc1ccc(CCC(N)CC)cc1F. The van der Waals surface area contributed by atoms with Gasteiger partial charge in [0.15, 0.2) is 11.6 Å². The zero-order valence-electron chi connectivity index (χ0n) is 10.0. The Kier molecular flexibility index (Phi) is 5.26. The number of nitrogens with two attached hydrogens (primary N) is 1.